The highest BCUT2D eigenvalue weighted by atomic mass is 16.5. The standard InChI is InChI=1S/C16H24NO2/c1-6-14-7-9-15(10-8-14)16(18)19-12-11-13(2)17(3,4)5/h6-10,13H,1,11-12H2,2-5H3/q+1. The second-order valence-corrected chi connectivity index (χ2v) is 5.72. The van der Waals surface area contributed by atoms with Gasteiger partial charge in [-0.2, -0.15) is 0 Å². The van der Waals surface area contributed by atoms with E-state index < -0.39 is 0 Å². The summed E-state index contributed by atoms with van der Waals surface area (Å²) in [5.41, 5.74) is 1.58. The molecule has 1 unspecified atom stereocenters. The van der Waals surface area contributed by atoms with Crippen molar-refractivity contribution < 1.29 is 14.0 Å². The molecule has 19 heavy (non-hydrogen) atoms. The number of hydrogen-bond donors (Lipinski definition) is 0. The van der Waals surface area contributed by atoms with Crippen LogP contribution in [0.2, 0.25) is 0 Å². The molecule has 0 saturated heterocycles. The molecular formula is C16H24NO2+. The second kappa shape index (κ2) is 6.53. The van der Waals surface area contributed by atoms with Gasteiger partial charge in [0, 0.05) is 6.42 Å². The Labute approximate surface area is 116 Å². The van der Waals surface area contributed by atoms with Gasteiger partial charge in [-0.1, -0.05) is 24.8 Å². The third-order valence-corrected chi connectivity index (χ3v) is 3.47. The predicted molar refractivity (Wildman–Crippen MR) is 78.9 cm³/mol. The summed E-state index contributed by atoms with van der Waals surface area (Å²) in [6.07, 6.45) is 2.61. The lowest BCUT2D eigenvalue weighted by molar-refractivity contribution is -0.894. The molecule has 0 amide bonds. The second-order valence-electron chi connectivity index (χ2n) is 5.72. The summed E-state index contributed by atoms with van der Waals surface area (Å²) in [6, 6.07) is 7.71. The van der Waals surface area contributed by atoms with Crippen LogP contribution in [0.4, 0.5) is 0 Å². The number of benzene rings is 1. The van der Waals surface area contributed by atoms with Gasteiger partial charge in [0.1, 0.15) is 0 Å². The molecule has 0 radical (unpaired) electrons. The SMILES string of the molecule is C=Cc1ccc(C(=O)OCCC(C)[N+](C)(C)C)cc1. The van der Waals surface area contributed by atoms with Crippen molar-refractivity contribution in [3.05, 3.63) is 42.0 Å². The number of hydrogen-bond acceptors (Lipinski definition) is 2. The number of quaternary nitrogens is 1. The summed E-state index contributed by atoms with van der Waals surface area (Å²) in [4.78, 5) is 11.8. The van der Waals surface area contributed by atoms with Crippen LogP contribution >= 0.6 is 0 Å². The molecule has 0 aliphatic heterocycles. The van der Waals surface area contributed by atoms with Crippen LogP contribution in [0.1, 0.15) is 29.3 Å². The van der Waals surface area contributed by atoms with Gasteiger partial charge >= 0.3 is 5.97 Å². The first-order valence-corrected chi connectivity index (χ1v) is 6.55. The van der Waals surface area contributed by atoms with E-state index in [0.717, 1.165) is 16.5 Å². The van der Waals surface area contributed by atoms with Gasteiger partial charge in [-0.15, -0.1) is 0 Å². The van der Waals surface area contributed by atoms with Crippen LogP contribution in [0.15, 0.2) is 30.8 Å². The summed E-state index contributed by atoms with van der Waals surface area (Å²) >= 11 is 0. The zero-order valence-electron chi connectivity index (χ0n) is 12.3. The maximum Gasteiger partial charge on any atom is 0.338 e. The minimum Gasteiger partial charge on any atom is -0.462 e. The van der Waals surface area contributed by atoms with E-state index in [-0.39, 0.29) is 5.97 Å². The van der Waals surface area contributed by atoms with Crippen molar-refractivity contribution in [2.45, 2.75) is 19.4 Å². The molecule has 104 valence electrons. The van der Waals surface area contributed by atoms with E-state index in [4.69, 9.17) is 4.74 Å². The summed E-state index contributed by atoms with van der Waals surface area (Å²) < 4.78 is 6.16. The van der Waals surface area contributed by atoms with Crippen LogP contribution in [0.25, 0.3) is 6.08 Å². The maximum absolute atomic E-state index is 11.8. The smallest absolute Gasteiger partial charge is 0.338 e. The number of rotatable bonds is 6. The zero-order valence-corrected chi connectivity index (χ0v) is 12.3. The number of carbonyl (C=O) groups excluding carboxylic acids is 1. The lowest BCUT2D eigenvalue weighted by Gasteiger charge is -2.31. The Morgan fingerprint density at radius 1 is 1.32 bits per heavy atom. The fourth-order valence-electron chi connectivity index (χ4n) is 1.55. The van der Waals surface area contributed by atoms with Gasteiger partial charge in [0.15, 0.2) is 0 Å². The van der Waals surface area contributed by atoms with E-state index in [0.29, 0.717) is 18.2 Å². The van der Waals surface area contributed by atoms with Crippen molar-refractivity contribution >= 4 is 12.0 Å². The lowest BCUT2D eigenvalue weighted by atomic mass is 10.1. The average molecular weight is 262 g/mol. The van der Waals surface area contributed by atoms with Crippen molar-refractivity contribution in [2.24, 2.45) is 0 Å². The van der Waals surface area contributed by atoms with Gasteiger partial charge in [0.05, 0.1) is 39.4 Å². The molecule has 0 aromatic heterocycles. The molecule has 3 nitrogen and oxygen atoms in total. The highest BCUT2D eigenvalue weighted by Crippen LogP contribution is 2.09. The molecule has 0 spiro atoms. The van der Waals surface area contributed by atoms with Crippen molar-refractivity contribution in [2.75, 3.05) is 27.7 Å². The van der Waals surface area contributed by atoms with E-state index in [1.807, 2.05) is 12.1 Å². The van der Waals surface area contributed by atoms with Crippen LogP contribution in [-0.4, -0.2) is 44.2 Å². The summed E-state index contributed by atoms with van der Waals surface area (Å²) in [5, 5.41) is 0. The lowest BCUT2D eigenvalue weighted by Crippen LogP contribution is -2.43. The van der Waals surface area contributed by atoms with Gasteiger partial charge in [0.25, 0.3) is 0 Å². The number of ether oxygens (including phenoxy) is 1. The molecule has 0 bridgehead atoms. The van der Waals surface area contributed by atoms with Crippen LogP contribution in [-0.2, 0) is 4.74 Å². The summed E-state index contributed by atoms with van der Waals surface area (Å²) in [5.74, 6) is -0.260. The fraction of sp³-hybridized carbons (Fsp3) is 0.438. The van der Waals surface area contributed by atoms with E-state index >= 15 is 0 Å². The minimum absolute atomic E-state index is 0.260. The van der Waals surface area contributed by atoms with Gasteiger partial charge in [-0.05, 0) is 24.6 Å². The first-order valence-electron chi connectivity index (χ1n) is 6.55. The van der Waals surface area contributed by atoms with Crippen LogP contribution in [0, 0.1) is 0 Å². The Morgan fingerprint density at radius 2 is 1.89 bits per heavy atom. The maximum atomic E-state index is 11.8. The minimum atomic E-state index is -0.260. The normalized spacial score (nSPS) is 12.8. The van der Waals surface area contributed by atoms with E-state index in [1.165, 1.54) is 0 Å². The predicted octanol–water partition coefficient (Wildman–Crippen LogP) is 2.97. The van der Waals surface area contributed by atoms with Gasteiger partial charge in [0.2, 0.25) is 0 Å². The first kappa shape index (κ1) is 15.4. The van der Waals surface area contributed by atoms with Crippen molar-refractivity contribution in [1.29, 1.82) is 0 Å². The number of carbonyl (C=O) groups is 1. The molecule has 0 aliphatic carbocycles. The van der Waals surface area contributed by atoms with Crippen LogP contribution in [0.5, 0.6) is 0 Å². The molecule has 0 saturated carbocycles. The van der Waals surface area contributed by atoms with Crippen molar-refractivity contribution in [3.8, 4) is 0 Å². The quantitative estimate of drug-likeness (QED) is 0.582. The van der Waals surface area contributed by atoms with Crippen LogP contribution in [0.3, 0.4) is 0 Å². The zero-order chi connectivity index (χ0) is 14.5. The monoisotopic (exact) mass is 262 g/mol. The number of esters is 1. The van der Waals surface area contributed by atoms with Gasteiger partial charge in [-0.25, -0.2) is 4.79 Å². The topological polar surface area (TPSA) is 26.3 Å². The Hall–Kier alpha value is -1.61. The molecule has 3 heteroatoms. The first-order chi connectivity index (χ1) is 8.84. The molecule has 0 heterocycles. The Kier molecular flexibility index (Phi) is 5.31. The van der Waals surface area contributed by atoms with E-state index in [9.17, 15) is 4.79 Å². The van der Waals surface area contributed by atoms with Gasteiger partial charge in [-0.3, -0.25) is 0 Å². The molecular weight excluding hydrogens is 238 g/mol. The highest BCUT2D eigenvalue weighted by molar-refractivity contribution is 5.89. The van der Waals surface area contributed by atoms with E-state index in [1.54, 1.807) is 18.2 Å². The van der Waals surface area contributed by atoms with Gasteiger partial charge < -0.3 is 9.22 Å². The third kappa shape index (κ3) is 4.87. The molecule has 1 aromatic rings. The molecule has 0 fully saturated rings. The van der Waals surface area contributed by atoms with E-state index in [2.05, 4.69) is 34.6 Å². The summed E-state index contributed by atoms with van der Waals surface area (Å²) in [7, 11) is 6.42. The Morgan fingerprint density at radius 3 is 2.37 bits per heavy atom. The Balaban J connectivity index is 2.45. The molecule has 1 aromatic carbocycles. The number of nitrogens with zero attached hydrogens (tertiary/aromatic N) is 1. The molecule has 0 N–H and O–H groups in total. The van der Waals surface area contributed by atoms with Crippen molar-refractivity contribution in [3.63, 3.8) is 0 Å². The highest BCUT2D eigenvalue weighted by Gasteiger charge is 2.18. The summed E-state index contributed by atoms with van der Waals surface area (Å²) in [6.45, 7) is 6.30. The fourth-order valence-corrected chi connectivity index (χ4v) is 1.55. The molecule has 1 atom stereocenters. The van der Waals surface area contributed by atoms with Crippen molar-refractivity contribution in [1.82, 2.24) is 0 Å². The largest absolute Gasteiger partial charge is 0.462 e. The van der Waals surface area contributed by atoms with Crippen LogP contribution < -0.4 is 0 Å². The average Bonchev–Trinajstić information content (AvgIpc) is 2.37. The molecule has 1 rings (SSSR count). The third-order valence-electron chi connectivity index (χ3n) is 3.47. The Bertz CT molecular complexity index is 429. The molecule has 0 aliphatic rings.